The molecule has 1 heterocycles. The zero-order valence-corrected chi connectivity index (χ0v) is 12.9. The van der Waals surface area contributed by atoms with Gasteiger partial charge >= 0.3 is 0 Å². The van der Waals surface area contributed by atoms with Crippen molar-refractivity contribution in [3.8, 4) is 11.1 Å². The minimum absolute atomic E-state index is 1.13. The van der Waals surface area contributed by atoms with Crippen molar-refractivity contribution in [3.05, 3.63) is 57.6 Å². The van der Waals surface area contributed by atoms with Gasteiger partial charge in [-0.05, 0) is 61.1 Å². The molecular formula is C18H20S. The average molecular weight is 268 g/mol. The number of hydrogen-bond donors (Lipinski definition) is 0. The van der Waals surface area contributed by atoms with E-state index in [0.717, 1.165) is 11.5 Å². The van der Waals surface area contributed by atoms with Gasteiger partial charge in [-0.25, -0.2) is 0 Å². The molecule has 0 bridgehead atoms. The Morgan fingerprint density at radius 1 is 0.684 bits per heavy atom. The summed E-state index contributed by atoms with van der Waals surface area (Å²) in [5.41, 5.74) is 11.6. The first-order valence-corrected chi connectivity index (χ1v) is 8.00. The Labute approximate surface area is 120 Å². The molecule has 0 atom stereocenters. The van der Waals surface area contributed by atoms with E-state index in [-0.39, 0.29) is 0 Å². The monoisotopic (exact) mass is 268 g/mol. The van der Waals surface area contributed by atoms with E-state index in [4.69, 9.17) is 0 Å². The summed E-state index contributed by atoms with van der Waals surface area (Å²) in [5, 5.41) is 0. The van der Waals surface area contributed by atoms with Crippen molar-refractivity contribution in [1.82, 2.24) is 0 Å². The van der Waals surface area contributed by atoms with Crippen LogP contribution in [0.15, 0.2) is 24.3 Å². The number of hydrogen-bond acceptors (Lipinski definition) is 1. The van der Waals surface area contributed by atoms with Gasteiger partial charge in [0.15, 0.2) is 0 Å². The van der Waals surface area contributed by atoms with Crippen molar-refractivity contribution < 1.29 is 0 Å². The SMILES string of the molecule is Cc1cc(C)c2c(c1)CSCc1cc(C)cc(C)c1-2. The molecule has 0 N–H and O–H groups in total. The van der Waals surface area contributed by atoms with Crippen LogP contribution in [0.1, 0.15) is 33.4 Å². The number of aryl methyl sites for hydroxylation is 4. The van der Waals surface area contributed by atoms with Gasteiger partial charge in [0, 0.05) is 11.5 Å². The second-order valence-electron chi connectivity index (χ2n) is 5.72. The minimum Gasteiger partial charge on any atom is -0.152 e. The van der Waals surface area contributed by atoms with E-state index in [1.54, 1.807) is 0 Å². The van der Waals surface area contributed by atoms with Gasteiger partial charge in [-0.2, -0.15) is 11.8 Å². The highest BCUT2D eigenvalue weighted by Gasteiger charge is 2.19. The van der Waals surface area contributed by atoms with Crippen LogP contribution in [0.25, 0.3) is 11.1 Å². The Bertz CT molecular complexity index is 596. The molecule has 1 aliphatic heterocycles. The van der Waals surface area contributed by atoms with Crippen molar-refractivity contribution in [3.63, 3.8) is 0 Å². The van der Waals surface area contributed by atoms with E-state index >= 15 is 0 Å². The largest absolute Gasteiger partial charge is 0.152 e. The van der Waals surface area contributed by atoms with Gasteiger partial charge in [0.25, 0.3) is 0 Å². The Morgan fingerprint density at radius 3 is 1.53 bits per heavy atom. The van der Waals surface area contributed by atoms with Crippen LogP contribution in [-0.4, -0.2) is 0 Å². The fourth-order valence-electron chi connectivity index (χ4n) is 3.33. The fraction of sp³-hybridized carbons (Fsp3) is 0.333. The van der Waals surface area contributed by atoms with E-state index in [1.807, 2.05) is 11.8 Å². The maximum absolute atomic E-state index is 2.36. The summed E-state index contributed by atoms with van der Waals surface area (Å²) in [6.45, 7) is 8.91. The van der Waals surface area contributed by atoms with Crippen LogP contribution in [-0.2, 0) is 11.5 Å². The average Bonchev–Trinajstić information content (AvgIpc) is 2.47. The third kappa shape index (κ3) is 2.21. The lowest BCUT2D eigenvalue weighted by atomic mass is 9.87. The van der Waals surface area contributed by atoms with Gasteiger partial charge in [-0.1, -0.05) is 35.4 Å². The molecular weight excluding hydrogens is 248 g/mol. The predicted octanol–water partition coefficient (Wildman–Crippen LogP) is 5.33. The molecule has 0 saturated carbocycles. The standard InChI is InChI=1S/C18H20S/c1-11-5-13(3)17-15(7-11)9-19-10-16-8-12(2)6-14(4)18(16)17/h5-8H,9-10H2,1-4H3. The molecule has 3 rings (SSSR count). The molecule has 0 unspecified atom stereocenters. The summed E-state index contributed by atoms with van der Waals surface area (Å²) in [5.74, 6) is 2.26. The highest BCUT2D eigenvalue weighted by atomic mass is 32.2. The summed E-state index contributed by atoms with van der Waals surface area (Å²) in [6.07, 6.45) is 0. The second-order valence-corrected chi connectivity index (χ2v) is 6.71. The summed E-state index contributed by atoms with van der Waals surface area (Å²) in [6, 6.07) is 9.36. The van der Waals surface area contributed by atoms with E-state index < -0.39 is 0 Å². The van der Waals surface area contributed by atoms with Gasteiger partial charge in [0.1, 0.15) is 0 Å². The van der Waals surface area contributed by atoms with Gasteiger partial charge in [-0.15, -0.1) is 0 Å². The highest BCUT2D eigenvalue weighted by molar-refractivity contribution is 7.97. The summed E-state index contributed by atoms with van der Waals surface area (Å²) >= 11 is 2.04. The van der Waals surface area contributed by atoms with Crippen LogP contribution >= 0.6 is 11.8 Å². The summed E-state index contributed by atoms with van der Waals surface area (Å²) in [7, 11) is 0. The lowest BCUT2D eigenvalue weighted by molar-refractivity contribution is 1.27. The fourth-order valence-corrected chi connectivity index (χ4v) is 4.32. The van der Waals surface area contributed by atoms with Crippen molar-refractivity contribution in [2.75, 3.05) is 0 Å². The van der Waals surface area contributed by atoms with Gasteiger partial charge in [0.2, 0.25) is 0 Å². The zero-order chi connectivity index (χ0) is 13.6. The molecule has 0 amide bonds. The summed E-state index contributed by atoms with van der Waals surface area (Å²) in [4.78, 5) is 0. The highest BCUT2D eigenvalue weighted by Crippen LogP contribution is 2.40. The van der Waals surface area contributed by atoms with Gasteiger partial charge in [0.05, 0.1) is 0 Å². The zero-order valence-electron chi connectivity index (χ0n) is 12.1. The Kier molecular flexibility index (Phi) is 3.18. The van der Waals surface area contributed by atoms with E-state index in [9.17, 15) is 0 Å². The predicted molar refractivity (Wildman–Crippen MR) is 85.8 cm³/mol. The summed E-state index contributed by atoms with van der Waals surface area (Å²) < 4.78 is 0. The molecule has 2 aromatic carbocycles. The molecule has 0 radical (unpaired) electrons. The Hall–Kier alpha value is -1.21. The first-order chi connectivity index (χ1) is 9.06. The molecule has 0 spiro atoms. The van der Waals surface area contributed by atoms with Crippen molar-refractivity contribution in [2.45, 2.75) is 39.2 Å². The topological polar surface area (TPSA) is 0 Å². The molecule has 0 nitrogen and oxygen atoms in total. The minimum atomic E-state index is 1.13. The van der Waals surface area contributed by atoms with Crippen LogP contribution in [0.4, 0.5) is 0 Å². The first-order valence-electron chi connectivity index (χ1n) is 6.84. The molecule has 0 saturated heterocycles. The maximum Gasteiger partial charge on any atom is 0.0194 e. The van der Waals surface area contributed by atoms with Crippen LogP contribution in [0.5, 0.6) is 0 Å². The van der Waals surface area contributed by atoms with Gasteiger partial charge in [-0.3, -0.25) is 0 Å². The van der Waals surface area contributed by atoms with Crippen molar-refractivity contribution in [2.24, 2.45) is 0 Å². The molecule has 0 fully saturated rings. The number of rotatable bonds is 0. The number of benzene rings is 2. The lowest BCUT2D eigenvalue weighted by Gasteiger charge is -2.16. The van der Waals surface area contributed by atoms with Crippen LogP contribution in [0.3, 0.4) is 0 Å². The number of thioether (sulfide) groups is 1. The smallest absolute Gasteiger partial charge is 0.0194 e. The number of fused-ring (bicyclic) bond motifs is 3. The quantitative estimate of drug-likeness (QED) is 0.622. The second kappa shape index (κ2) is 4.72. The van der Waals surface area contributed by atoms with Crippen molar-refractivity contribution >= 4 is 11.8 Å². The van der Waals surface area contributed by atoms with Crippen LogP contribution < -0.4 is 0 Å². The maximum atomic E-state index is 2.36. The Morgan fingerprint density at radius 2 is 1.11 bits per heavy atom. The third-order valence-electron chi connectivity index (χ3n) is 3.89. The van der Waals surface area contributed by atoms with Gasteiger partial charge < -0.3 is 0 Å². The third-order valence-corrected chi connectivity index (χ3v) is 4.92. The van der Waals surface area contributed by atoms with Crippen molar-refractivity contribution in [1.29, 1.82) is 0 Å². The molecule has 1 heteroatoms. The Balaban J connectivity index is 2.36. The molecule has 0 aliphatic carbocycles. The molecule has 19 heavy (non-hydrogen) atoms. The van der Waals surface area contributed by atoms with Crippen LogP contribution in [0, 0.1) is 27.7 Å². The normalized spacial score (nSPS) is 13.7. The molecule has 2 aromatic rings. The van der Waals surface area contributed by atoms with E-state index in [1.165, 1.54) is 44.5 Å². The van der Waals surface area contributed by atoms with Crippen LogP contribution in [0.2, 0.25) is 0 Å². The molecule has 1 aliphatic rings. The molecule has 0 aromatic heterocycles. The first kappa shape index (κ1) is 12.8. The van der Waals surface area contributed by atoms with E-state index in [2.05, 4.69) is 52.0 Å². The lowest BCUT2D eigenvalue weighted by Crippen LogP contribution is -1.96. The van der Waals surface area contributed by atoms with E-state index in [0.29, 0.717) is 0 Å². The molecule has 98 valence electrons.